The van der Waals surface area contributed by atoms with Gasteiger partial charge in [0.15, 0.2) is 11.6 Å². The number of nitrogens with two attached hydrogens (primary N) is 1. The van der Waals surface area contributed by atoms with Crippen LogP contribution in [0.2, 0.25) is 0 Å². The minimum absolute atomic E-state index is 0.199. The lowest BCUT2D eigenvalue weighted by Gasteiger charge is -2.16. The topological polar surface area (TPSA) is 128 Å². The van der Waals surface area contributed by atoms with Crippen LogP contribution in [0.3, 0.4) is 0 Å². The molecule has 9 heteroatoms. The zero-order valence-corrected chi connectivity index (χ0v) is 15.8. The van der Waals surface area contributed by atoms with Crippen molar-refractivity contribution in [1.29, 1.82) is 0 Å². The molecule has 4 N–H and O–H groups in total. The summed E-state index contributed by atoms with van der Waals surface area (Å²) in [5.41, 5.74) is 7.43. The summed E-state index contributed by atoms with van der Waals surface area (Å²) in [6.45, 7) is 0. The molecule has 1 aromatic carbocycles. The van der Waals surface area contributed by atoms with Crippen LogP contribution in [0.25, 0.3) is 0 Å². The average Bonchev–Trinajstić information content (AvgIpc) is 3.22. The van der Waals surface area contributed by atoms with Gasteiger partial charge < -0.3 is 25.8 Å². The number of rotatable bonds is 6. The quantitative estimate of drug-likeness (QED) is 0.643. The maximum atomic E-state index is 11.9. The molecule has 0 amide bonds. The number of ether oxygens (including phenoxy) is 2. The second-order valence-electron chi connectivity index (χ2n) is 6.52. The van der Waals surface area contributed by atoms with Crippen LogP contribution in [-0.2, 0) is 9.47 Å². The molecular weight excluding hydrogens is 362 g/mol. The van der Waals surface area contributed by atoms with Crippen molar-refractivity contribution in [2.45, 2.75) is 31.7 Å². The van der Waals surface area contributed by atoms with E-state index in [-0.39, 0.29) is 11.1 Å². The number of nitrogens with zero attached hydrogens (tertiary/aromatic N) is 2. The van der Waals surface area contributed by atoms with Crippen molar-refractivity contribution in [3.05, 3.63) is 35.7 Å². The number of carbonyl (C=O) groups excluding carboxylic acids is 2. The largest absolute Gasteiger partial charge is 0.465 e. The Bertz CT molecular complexity index is 846. The number of nitrogens with one attached hydrogen (secondary N) is 2. The first-order valence-electron chi connectivity index (χ1n) is 8.97. The summed E-state index contributed by atoms with van der Waals surface area (Å²) in [6, 6.07) is 4.84. The van der Waals surface area contributed by atoms with Gasteiger partial charge in [0.05, 0.1) is 25.3 Å². The van der Waals surface area contributed by atoms with E-state index in [4.69, 9.17) is 15.2 Å². The Morgan fingerprint density at radius 3 is 2.14 bits per heavy atom. The summed E-state index contributed by atoms with van der Waals surface area (Å²) in [5, 5.41) is 6.39. The Kier molecular flexibility index (Phi) is 5.93. The molecule has 1 aromatic heterocycles. The van der Waals surface area contributed by atoms with Crippen molar-refractivity contribution >= 4 is 34.9 Å². The summed E-state index contributed by atoms with van der Waals surface area (Å²) in [4.78, 5) is 32.3. The zero-order valence-electron chi connectivity index (χ0n) is 15.8. The summed E-state index contributed by atoms with van der Waals surface area (Å²) in [5.74, 6) is -0.226. The van der Waals surface area contributed by atoms with Gasteiger partial charge in [-0.15, -0.1) is 0 Å². The van der Waals surface area contributed by atoms with Crippen LogP contribution in [0.4, 0.5) is 23.0 Å². The second-order valence-corrected chi connectivity index (χ2v) is 6.52. The minimum atomic E-state index is -0.576. The Morgan fingerprint density at radius 2 is 1.57 bits per heavy atom. The molecule has 0 spiro atoms. The van der Waals surface area contributed by atoms with E-state index in [9.17, 15) is 9.59 Å². The van der Waals surface area contributed by atoms with Crippen molar-refractivity contribution in [2.24, 2.45) is 0 Å². The van der Waals surface area contributed by atoms with Gasteiger partial charge in [0.1, 0.15) is 12.0 Å². The van der Waals surface area contributed by atoms with Crippen molar-refractivity contribution < 1.29 is 19.1 Å². The smallest absolute Gasteiger partial charge is 0.337 e. The molecule has 0 bridgehead atoms. The van der Waals surface area contributed by atoms with Gasteiger partial charge >= 0.3 is 11.9 Å². The van der Waals surface area contributed by atoms with E-state index in [1.54, 1.807) is 12.1 Å². The molecule has 28 heavy (non-hydrogen) atoms. The summed E-state index contributed by atoms with van der Waals surface area (Å²) < 4.78 is 9.50. The Labute approximate surface area is 162 Å². The number of esters is 2. The molecular formula is C19H23N5O4. The first-order valence-corrected chi connectivity index (χ1v) is 8.97. The maximum absolute atomic E-state index is 11.9. The SMILES string of the molecule is COC(=O)c1cc(Nc2ncnc(NC3CCCC3)c2N)cc(C(=O)OC)c1. The van der Waals surface area contributed by atoms with Crippen molar-refractivity contribution in [3.63, 3.8) is 0 Å². The van der Waals surface area contributed by atoms with Crippen LogP contribution in [0.1, 0.15) is 46.4 Å². The standard InChI is InChI=1S/C19H23N5O4/c1-27-18(25)11-7-12(19(26)28-2)9-14(8-11)24-17-15(20)16(21-10-22-17)23-13-5-3-4-6-13/h7-10,13H,3-6,20H2,1-2H3,(H2,21,22,23,24). The van der Waals surface area contributed by atoms with Gasteiger partial charge in [-0.3, -0.25) is 0 Å². The van der Waals surface area contributed by atoms with Gasteiger partial charge in [-0.2, -0.15) is 0 Å². The molecule has 0 saturated heterocycles. The van der Waals surface area contributed by atoms with Crippen LogP contribution < -0.4 is 16.4 Å². The average molecular weight is 385 g/mol. The molecule has 1 saturated carbocycles. The first-order chi connectivity index (χ1) is 13.5. The lowest BCUT2D eigenvalue weighted by Crippen LogP contribution is -2.17. The van der Waals surface area contributed by atoms with E-state index >= 15 is 0 Å². The fourth-order valence-electron chi connectivity index (χ4n) is 3.18. The van der Waals surface area contributed by atoms with Crippen LogP contribution in [-0.4, -0.2) is 42.2 Å². The fourth-order valence-corrected chi connectivity index (χ4v) is 3.18. The van der Waals surface area contributed by atoms with Crippen molar-refractivity contribution in [1.82, 2.24) is 9.97 Å². The van der Waals surface area contributed by atoms with Crippen LogP contribution in [0.15, 0.2) is 24.5 Å². The molecule has 0 radical (unpaired) electrons. The van der Waals surface area contributed by atoms with E-state index in [1.165, 1.54) is 39.5 Å². The maximum Gasteiger partial charge on any atom is 0.337 e. The number of carbonyl (C=O) groups is 2. The van der Waals surface area contributed by atoms with Crippen molar-refractivity contribution in [3.8, 4) is 0 Å². The van der Waals surface area contributed by atoms with Gasteiger partial charge in [-0.1, -0.05) is 12.8 Å². The third-order valence-electron chi connectivity index (χ3n) is 4.62. The highest BCUT2D eigenvalue weighted by atomic mass is 16.5. The summed E-state index contributed by atoms with van der Waals surface area (Å²) in [6.07, 6.45) is 5.93. The highest BCUT2D eigenvalue weighted by Gasteiger charge is 2.19. The van der Waals surface area contributed by atoms with Gasteiger partial charge in [-0.25, -0.2) is 19.6 Å². The molecule has 1 fully saturated rings. The Hall–Kier alpha value is -3.36. The first kappa shape index (κ1) is 19.4. The van der Waals surface area contributed by atoms with E-state index in [2.05, 4.69) is 20.6 Å². The van der Waals surface area contributed by atoms with Gasteiger partial charge in [-0.05, 0) is 31.0 Å². The molecule has 0 unspecified atom stereocenters. The van der Waals surface area contributed by atoms with Crippen molar-refractivity contribution in [2.75, 3.05) is 30.6 Å². The lowest BCUT2D eigenvalue weighted by atomic mass is 10.1. The lowest BCUT2D eigenvalue weighted by molar-refractivity contribution is 0.0599. The number of methoxy groups -OCH3 is 2. The minimum Gasteiger partial charge on any atom is -0.465 e. The fraction of sp³-hybridized carbons (Fsp3) is 0.368. The molecule has 148 valence electrons. The highest BCUT2D eigenvalue weighted by molar-refractivity contribution is 5.97. The molecule has 2 aromatic rings. The predicted molar refractivity (Wildman–Crippen MR) is 105 cm³/mol. The number of hydrogen-bond donors (Lipinski definition) is 3. The predicted octanol–water partition coefficient (Wildman–Crippen LogP) is 2.73. The van der Waals surface area contributed by atoms with Gasteiger partial charge in [0, 0.05) is 11.7 Å². The van der Waals surface area contributed by atoms with Gasteiger partial charge in [0.2, 0.25) is 0 Å². The normalized spacial score (nSPS) is 13.8. The molecule has 1 aliphatic carbocycles. The highest BCUT2D eigenvalue weighted by Crippen LogP contribution is 2.30. The third kappa shape index (κ3) is 4.30. The van der Waals surface area contributed by atoms with Crippen LogP contribution >= 0.6 is 0 Å². The number of hydrogen-bond acceptors (Lipinski definition) is 9. The number of nitrogen functional groups attached to an aromatic ring is 1. The summed E-state index contributed by atoms with van der Waals surface area (Å²) in [7, 11) is 2.53. The van der Waals surface area contributed by atoms with Gasteiger partial charge in [0.25, 0.3) is 0 Å². The molecule has 9 nitrogen and oxygen atoms in total. The Morgan fingerprint density at radius 1 is 1.00 bits per heavy atom. The van der Waals surface area contributed by atoms with E-state index in [0.29, 0.717) is 29.1 Å². The molecule has 0 aliphatic heterocycles. The van der Waals surface area contributed by atoms with E-state index in [0.717, 1.165) is 12.8 Å². The molecule has 1 aliphatic rings. The van der Waals surface area contributed by atoms with Crippen LogP contribution in [0.5, 0.6) is 0 Å². The zero-order chi connectivity index (χ0) is 20.1. The second kappa shape index (κ2) is 8.55. The number of aromatic nitrogens is 2. The third-order valence-corrected chi connectivity index (χ3v) is 4.62. The monoisotopic (exact) mass is 385 g/mol. The summed E-state index contributed by atoms with van der Waals surface area (Å²) >= 11 is 0. The molecule has 1 heterocycles. The van der Waals surface area contributed by atoms with Crippen LogP contribution in [0, 0.1) is 0 Å². The molecule has 3 rings (SSSR count). The number of benzene rings is 1. The number of anilines is 4. The van der Waals surface area contributed by atoms with E-state index in [1.807, 2.05) is 0 Å². The molecule has 0 atom stereocenters. The van der Waals surface area contributed by atoms with E-state index < -0.39 is 11.9 Å². The Balaban J connectivity index is 1.90.